The van der Waals surface area contributed by atoms with E-state index in [9.17, 15) is 18.0 Å². The maximum atomic E-state index is 13.1. The number of aromatic nitrogens is 3. The van der Waals surface area contributed by atoms with Crippen molar-refractivity contribution in [3.63, 3.8) is 0 Å². The highest BCUT2D eigenvalue weighted by Gasteiger charge is 2.22. The third-order valence-corrected chi connectivity index (χ3v) is 9.59. The third-order valence-electron chi connectivity index (χ3n) is 5.67. The van der Waals surface area contributed by atoms with Crippen LogP contribution in [0.1, 0.15) is 37.4 Å². The number of hydrogen-bond acceptors (Lipinski definition) is 7. The molecular weight excluding hydrogens is 468 g/mol. The zero-order valence-corrected chi connectivity index (χ0v) is 20.5. The van der Waals surface area contributed by atoms with E-state index in [2.05, 4.69) is 16.9 Å². The summed E-state index contributed by atoms with van der Waals surface area (Å²) in [6, 6.07) is 5.05. The Morgan fingerprint density at radius 2 is 2.03 bits per heavy atom. The summed E-state index contributed by atoms with van der Waals surface area (Å²) >= 11 is 3.20. The molecule has 0 atom stereocenters. The van der Waals surface area contributed by atoms with Gasteiger partial charge in [0.15, 0.2) is 4.34 Å². The van der Waals surface area contributed by atoms with Gasteiger partial charge in [-0.1, -0.05) is 18.7 Å². The molecule has 0 aliphatic heterocycles. The van der Waals surface area contributed by atoms with Crippen LogP contribution in [0.25, 0.3) is 10.2 Å². The fourth-order valence-electron chi connectivity index (χ4n) is 4.01. The Morgan fingerprint density at radius 1 is 1.25 bits per heavy atom. The monoisotopic (exact) mass is 494 g/mol. The number of nitrogens with one attached hydrogen (secondary N) is 1. The number of H-pyrrole nitrogens is 1. The molecule has 0 unspecified atom stereocenters. The van der Waals surface area contributed by atoms with Gasteiger partial charge in [0.25, 0.3) is 5.56 Å². The van der Waals surface area contributed by atoms with Gasteiger partial charge in [0, 0.05) is 31.4 Å². The van der Waals surface area contributed by atoms with E-state index < -0.39 is 15.7 Å². The first-order valence-electron chi connectivity index (χ1n) is 10.7. The van der Waals surface area contributed by atoms with Crippen molar-refractivity contribution >= 4 is 43.3 Å². The molecule has 8 nitrogen and oxygen atoms in total. The standard InChI is InChI=1S/C21H26N4O4S3/c1-3-30-21-22-16-13-14(9-10-18(16)31-21)32(28,29)24(2)11-6-12-25-17-8-5-4-7-15(17)19(26)23-20(25)27/h9-10,13H,3-8,11-12H2,1-2H3,(H,23,26,27). The average molecular weight is 495 g/mol. The average Bonchev–Trinajstić information content (AvgIpc) is 3.17. The Kier molecular flexibility index (Phi) is 6.89. The van der Waals surface area contributed by atoms with Gasteiger partial charge < -0.3 is 0 Å². The smallest absolute Gasteiger partial charge is 0.297 e. The Labute approximate surface area is 194 Å². The molecule has 0 radical (unpaired) electrons. The topological polar surface area (TPSA) is 105 Å². The Bertz CT molecular complexity index is 1360. The highest BCUT2D eigenvalue weighted by atomic mass is 32.2. The lowest BCUT2D eigenvalue weighted by Crippen LogP contribution is -2.37. The van der Waals surface area contributed by atoms with E-state index in [1.165, 1.54) is 4.31 Å². The number of benzene rings is 1. The van der Waals surface area contributed by atoms with Gasteiger partial charge in [0.05, 0.1) is 15.1 Å². The van der Waals surface area contributed by atoms with Gasteiger partial charge >= 0.3 is 5.69 Å². The SMILES string of the molecule is CCSc1nc2cc(S(=O)(=O)N(C)CCCn3c4c(c(=O)[nH]c3=O)CCCC4)ccc2s1. The van der Waals surface area contributed by atoms with Crippen LogP contribution < -0.4 is 11.2 Å². The number of sulfonamides is 1. The summed E-state index contributed by atoms with van der Waals surface area (Å²) in [5.74, 6) is 0.912. The van der Waals surface area contributed by atoms with Crippen molar-refractivity contribution in [2.75, 3.05) is 19.3 Å². The summed E-state index contributed by atoms with van der Waals surface area (Å²) in [7, 11) is -2.13. The molecule has 0 saturated carbocycles. The first-order valence-corrected chi connectivity index (χ1v) is 13.9. The van der Waals surface area contributed by atoms with Gasteiger partial charge in [-0.2, -0.15) is 0 Å². The van der Waals surface area contributed by atoms with Crippen LogP contribution in [0.3, 0.4) is 0 Å². The first kappa shape index (κ1) is 23.2. The molecule has 1 N–H and O–H groups in total. The summed E-state index contributed by atoms with van der Waals surface area (Å²) in [5.41, 5.74) is 1.46. The quantitative estimate of drug-likeness (QED) is 0.483. The van der Waals surface area contributed by atoms with Crippen LogP contribution in [0, 0.1) is 0 Å². The fourth-order valence-corrected chi connectivity index (χ4v) is 7.19. The second-order valence-electron chi connectivity index (χ2n) is 7.77. The highest BCUT2D eigenvalue weighted by molar-refractivity contribution is 8.01. The summed E-state index contributed by atoms with van der Waals surface area (Å²) in [5, 5.41) is 0. The molecule has 4 rings (SSSR count). The maximum Gasteiger partial charge on any atom is 0.328 e. The van der Waals surface area contributed by atoms with Crippen molar-refractivity contribution in [3.05, 3.63) is 50.3 Å². The minimum absolute atomic E-state index is 0.212. The van der Waals surface area contributed by atoms with Gasteiger partial charge in [0.1, 0.15) is 0 Å². The molecule has 2 heterocycles. The largest absolute Gasteiger partial charge is 0.328 e. The van der Waals surface area contributed by atoms with Crippen molar-refractivity contribution in [3.8, 4) is 0 Å². The lowest BCUT2D eigenvalue weighted by molar-refractivity contribution is 0.436. The van der Waals surface area contributed by atoms with Crippen LogP contribution in [-0.4, -0.2) is 46.6 Å². The lowest BCUT2D eigenvalue weighted by atomic mass is 9.97. The number of nitrogens with zero attached hydrogens (tertiary/aromatic N) is 3. The van der Waals surface area contributed by atoms with Crippen molar-refractivity contribution in [2.24, 2.45) is 0 Å². The van der Waals surface area contributed by atoms with Crippen LogP contribution >= 0.6 is 23.1 Å². The van der Waals surface area contributed by atoms with Crippen LogP contribution in [0.15, 0.2) is 37.0 Å². The van der Waals surface area contributed by atoms with E-state index >= 15 is 0 Å². The molecule has 1 aliphatic carbocycles. The van der Waals surface area contributed by atoms with E-state index in [4.69, 9.17) is 0 Å². The minimum atomic E-state index is -3.68. The van der Waals surface area contributed by atoms with Crippen molar-refractivity contribution in [1.29, 1.82) is 0 Å². The van der Waals surface area contributed by atoms with Crippen molar-refractivity contribution in [1.82, 2.24) is 18.8 Å². The van der Waals surface area contributed by atoms with Crippen LogP contribution in [0.4, 0.5) is 0 Å². The summed E-state index contributed by atoms with van der Waals surface area (Å²) in [6.07, 6.45) is 3.73. The van der Waals surface area contributed by atoms with E-state index in [-0.39, 0.29) is 17.0 Å². The van der Waals surface area contributed by atoms with Crippen molar-refractivity contribution in [2.45, 2.75) is 54.8 Å². The molecule has 172 valence electrons. The molecule has 3 aromatic rings. The molecule has 32 heavy (non-hydrogen) atoms. The minimum Gasteiger partial charge on any atom is -0.297 e. The van der Waals surface area contributed by atoms with E-state index in [1.807, 2.05) is 0 Å². The Hall–Kier alpha value is -1.95. The number of rotatable bonds is 8. The molecule has 0 amide bonds. The number of aromatic amines is 1. The number of fused-ring (bicyclic) bond motifs is 2. The van der Waals surface area contributed by atoms with Gasteiger partial charge in [-0.3, -0.25) is 14.3 Å². The van der Waals surface area contributed by atoms with E-state index in [0.29, 0.717) is 36.9 Å². The van der Waals surface area contributed by atoms with E-state index in [1.54, 1.807) is 52.9 Å². The van der Waals surface area contributed by atoms with Crippen LogP contribution in [-0.2, 0) is 29.4 Å². The molecule has 0 spiro atoms. The molecule has 0 saturated heterocycles. The predicted molar refractivity (Wildman–Crippen MR) is 128 cm³/mol. The molecule has 1 aromatic carbocycles. The van der Waals surface area contributed by atoms with Crippen LogP contribution in [0.2, 0.25) is 0 Å². The fraction of sp³-hybridized carbons (Fsp3) is 0.476. The van der Waals surface area contributed by atoms with E-state index in [0.717, 1.165) is 33.3 Å². The van der Waals surface area contributed by atoms with Gasteiger partial charge in [-0.25, -0.2) is 22.5 Å². The first-order chi connectivity index (χ1) is 15.3. The third kappa shape index (κ3) is 4.57. The maximum absolute atomic E-state index is 13.1. The van der Waals surface area contributed by atoms with Gasteiger partial charge in [-0.05, 0) is 56.1 Å². The number of thiazole rings is 1. The Morgan fingerprint density at radius 3 is 2.81 bits per heavy atom. The molecule has 11 heteroatoms. The van der Waals surface area contributed by atoms with Crippen LogP contribution in [0.5, 0.6) is 0 Å². The van der Waals surface area contributed by atoms with Gasteiger partial charge in [0.2, 0.25) is 10.0 Å². The highest BCUT2D eigenvalue weighted by Crippen LogP contribution is 2.31. The van der Waals surface area contributed by atoms with Gasteiger partial charge in [-0.15, -0.1) is 11.3 Å². The second-order valence-corrected chi connectivity index (χ2v) is 12.4. The second kappa shape index (κ2) is 9.50. The molecular formula is C21H26N4O4S3. The molecule has 0 fully saturated rings. The predicted octanol–water partition coefficient (Wildman–Crippen LogP) is 2.85. The summed E-state index contributed by atoms with van der Waals surface area (Å²) < 4.78 is 31.0. The summed E-state index contributed by atoms with van der Waals surface area (Å²) in [4.78, 5) is 31.6. The van der Waals surface area contributed by atoms with Crippen molar-refractivity contribution < 1.29 is 8.42 Å². The summed E-state index contributed by atoms with van der Waals surface area (Å²) in [6.45, 7) is 2.67. The lowest BCUT2D eigenvalue weighted by Gasteiger charge is -2.21. The molecule has 0 bridgehead atoms. The zero-order valence-electron chi connectivity index (χ0n) is 18.1. The zero-order chi connectivity index (χ0) is 22.9. The Balaban J connectivity index is 1.48. The normalized spacial score (nSPS) is 14.2. The molecule has 1 aliphatic rings. The number of thioether (sulfide) groups is 1. The number of hydrogen-bond donors (Lipinski definition) is 1. The molecule has 2 aromatic heterocycles.